The van der Waals surface area contributed by atoms with E-state index in [0.717, 1.165) is 59.4 Å². The lowest BCUT2D eigenvalue weighted by Crippen LogP contribution is -2.55. The number of carbonyl (C=O) groups excluding carboxylic acids is 2. The number of hydrogen-bond donors (Lipinski definition) is 1. The van der Waals surface area contributed by atoms with E-state index in [9.17, 15) is 18.0 Å². The maximum atomic E-state index is 14.3. The van der Waals surface area contributed by atoms with Crippen molar-refractivity contribution < 1.29 is 18.0 Å². The molecule has 43 heavy (non-hydrogen) atoms. The number of rotatable bonds is 11. The zero-order valence-electron chi connectivity index (χ0n) is 24.9. The number of benzene rings is 3. The third-order valence-corrected chi connectivity index (χ3v) is 9.74. The van der Waals surface area contributed by atoms with Crippen molar-refractivity contribution in [1.82, 2.24) is 10.2 Å². The summed E-state index contributed by atoms with van der Waals surface area (Å²) in [6, 6.07) is 19.2. The number of sulfonamides is 1. The van der Waals surface area contributed by atoms with Gasteiger partial charge in [-0.15, -0.1) is 0 Å². The molecule has 230 valence electrons. The molecule has 1 saturated carbocycles. The van der Waals surface area contributed by atoms with E-state index in [1.165, 1.54) is 4.90 Å². The van der Waals surface area contributed by atoms with Gasteiger partial charge in [-0.1, -0.05) is 91.0 Å². The Bertz CT molecular complexity index is 1540. The summed E-state index contributed by atoms with van der Waals surface area (Å²) in [5.41, 5.74) is 3.56. The highest BCUT2D eigenvalue weighted by atomic mass is 35.5. The maximum absolute atomic E-state index is 14.3. The zero-order chi connectivity index (χ0) is 31.1. The fourth-order valence-electron chi connectivity index (χ4n) is 5.52. The van der Waals surface area contributed by atoms with Crippen molar-refractivity contribution in [1.29, 1.82) is 0 Å². The first-order chi connectivity index (χ1) is 20.4. The molecule has 1 atom stereocenters. The van der Waals surface area contributed by atoms with Crippen LogP contribution in [0.4, 0.5) is 5.69 Å². The van der Waals surface area contributed by atoms with Crippen molar-refractivity contribution in [3.63, 3.8) is 0 Å². The molecule has 1 N–H and O–H groups in total. The molecule has 1 aliphatic rings. The molecule has 4 rings (SSSR count). The molecule has 0 saturated heterocycles. The van der Waals surface area contributed by atoms with Crippen LogP contribution >= 0.6 is 23.2 Å². The number of anilines is 1. The standard InChI is InChI=1S/C33H39Cl2N3O4S/c1-23-14-15-24(2)30(18-23)38(43(3,41)42)22-32(39)37(21-26-16-17-28(34)29(35)19-26)31(20-25-10-6-4-7-11-25)33(40)36-27-12-8-5-9-13-27/h4,6-7,10-11,14-19,27,31H,5,8-9,12-13,20-22H2,1-3H3,(H,36,40)/t31-/m0/s1. The average molecular weight is 645 g/mol. The summed E-state index contributed by atoms with van der Waals surface area (Å²) in [6.45, 7) is 3.25. The van der Waals surface area contributed by atoms with Gasteiger partial charge in [0, 0.05) is 19.0 Å². The van der Waals surface area contributed by atoms with Gasteiger partial charge in [0.1, 0.15) is 12.6 Å². The lowest BCUT2D eigenvalue weighted by Gasteiger charge is -2.35. The molecule has 7 nitrogen and oxygen atoms in total. The van der Waals surface area contributed by atoms with Gasteiger partial charge in [0.15, 0.2) is 0 Å². The predicted molar refractivity (Wildman–Crippen MR) is 174 cm³/mol. The second-order valence-electron chi connectivity index (χ2n) is 11.4. The van der Waals surface area contributed by atoms with Crippen molar-refractivity contribution in [3.8, 4) is 0 Å². The second kappa shape index (κ2) is 14.6. The van der Waals surface area contributed by atoms with Crippen LogP contribution in [-0.2, 0) is 32.6 Å². The average Bonchev–Trinajstić information content (AvgIpc) is 2.97. The van der Waals surface area contributed by atoms with Gasteiger partial charge >= 0.3 is 0 Å². The molecule has 0 spiro atoms. The minimum atomic E-state index is -3.85. The summed E-state index contributed by atoms with van der Waals surface area (Å²) in [4.78, 5) is 29.9. The lowest BCUT2D eigenvalue weighted by molar-refractivity contribution is -0.140. The first-order valence-electron chi connectivity index (χ1n) is 14.5. The van der Waals surface area contributed by atoms with Crippen molar-refractivity contribution in [3.05, 3.63) is 99.0 Å². The largest absolute Gasteiger partial charge is 0.352 e. The third-order valence-electron chi connectivity index (χ3n) is 7.87. The van der Waals surface area contributed by atoms with Crippen LogP contribution in [0.1, 0.15) is 54.4 Å². The molecule has 0 bridgehead atoms. The molecule has 1 aliphatic carbocycles. The van der Waals surface area contributed by atoms with Gasteiger partial charge in [-0.25, -0.2) is 8.42 Å². The van der Waals surface area contributed by atoms with Crippen LogP contribution < -0.4 is 9.62 Å². The molecule has 0 radical (unpaired) electrons. The number of aryl methyl sites for hydroxylation is 2. The number of hydrogen-bond acceptors (Lipinski definition) is 4. The summed E-state index contributed by atoms with van der Waals surface area (Å²) in [5.74, 6) is -0.765. The van der Waals surface area contributed by atoms with E-state index >= 15 is 0 Å². The molecule has 0 aliphatic heterocycles. The highest BCUT2D eigenvalue weighted by Crippen LogP contribution is 2.27. The Hall–Kier alpha value is -3.07. The van der Waals surface area contributed by atoms with Crippen LogP contribution in [0.5, 0.6) is 0 Å². The van der Waals surface area contributed by atoms with Crippen molar-refractivity contribution >= 4 is 50.7 Å². The Morgan fingerprint density at radius 3 is 2.26 bits per heavy atom. The van der Waals surface area contributed by atoms with Crippen LogP contribution in [0.2, 0.25) is 10.0 Å². The van der Waals surface area contributed by atoms with E-state index in [2.05, 4.69) is 5.32 Å². The van der Waals surface area contributed by atoms with Crippen molar-refractivity contribution in [2.75, 3.05) is 17.1 Å². The SMILES string of the molecule is Cc1ccc(C)c(N(CC(=O)N(Cc2ccc(Cl)c(Cl)c2)[C@@H](Cc2ccccc2)C(=O)NC2CCCCC2)S(C)(=O)=O)c1. The van der Waals surface area contributed by atoms with Gasteiger partial charge < -0.3 is 10.2 Å². The van der Waals surface area contributed by atoms with E-state index in [1.54, 1.807) is 31.2 Å². The van der Waals surface area contributed by atoms with Crippen LogP contribution in [0.15, 0.2) is 66.7 Å². The van der Waals surface area contributed by atoms with Gasteiger partial charge in [0.25, 0.3) is 0 Å². The van der Waals surface area contributed by atoms with Gasteiger partial charge in [-0.05, 0) is 67.1 Å². The topological polar surface area (TPSA) is 86.8 Å². The molecule has 0 unspecified atom stereocenters. The Morgan fingerprint density at radius 2 is 1.60 bits per heavy atom. The molecule has 1 fully saturated rings. The second-order valence-corrected chi connectivity index (χ2v) is 14.1. The van der Waals surface area contributed by atoms with E-state index in [1.807, 2.05) is 49.4 Å². The minimum absolute atomic E-state index is 0.0314. The molecular formula is C33H39Cl2N3O4S. The van der Waals surface area contributed by atoms with Gasteiger partial charge in [-0.3, -0.25) is 13.9 Å². The first-order valence-corrected chi connectivity index (χ1v) is 17.2. The highest BCUT2D eigenvalue weighted by molar-refractivity contribution is 7.92. The molecule has 3 aromatic carbocycles. The molecular weight excluding hydrogens is 605 g/mol. The number of carbonyl (C=O) groups is 2. The van der Waals surface area contributed by atoms with Crippen LogP contribution in [0, 0.1) is 13.8 Å². The third kappa shape index (κ3) is 8.97. The fourth-order valence-corrected chi connectivity index (χ4v) is 6.74. The van der Waals surface area contributed by atoms with Crippen LogP contribution in [0.3, 0.4) is 0 Å². The summed E-state index contributed by atoms with van der Waals surface area (Å²) in [6.07, 6.45) is 6.34. The van der Waals surface area contributed by atoms with Gasteiger partial charge in [0.05, 0.1) is 22.0 Å². The molecule has 0 aromatic heterocycles. The van der Waals surface area contributed by atoms with Gasteiger partial charge in [0.2, 0.25) is 21.8 Å². The first kappa shape index (κ1) is 32.8. The smallest absolute Gasteiger partial charge is 0.244 e. The Labute approximate surface area is 265 Å². The maximum Gasteiger partial charge on any atom is 0.244 e. The molecule has 2 amide bonds. The zero-order valence-corrected chi connectivity index (χ0v) is 27.2. The molecule has 3 aromatic rings. The Balaban J connectivity index is 1.76. The summed E-state index contributed by atoms with van der Waals surface area (Å²) in [7, 11) is -3.85. The fraction of sp³-hybridized carbons (Fsp3) is 0.394. The lowest BCUT2D eigenvalue weighted by atomic mass is 9.94. The number of nitrogens with zero attached hydrogens (tertiary/aromatic N) is 2. The van der Waals surface area contributed by atoms with Crippen molar-refractivity contribution in [2.24, 2.45) is 0 Å². The van der Waals surface area contributed by atoms with Crippen molar-refractivity contribution in [2.45, 2.75) is 71.0 Å². The van der Waals surface area contributed by atoms with E-state index in [0.29, 0.717) is 21.3 Å². The van der Waals surface area contributed by atoms with E-state index < -0.39 is 28.5 Å². The molecule has 10 heteroatoms. The highest BCUT2D eigenvalue weighted by Gasteiger charge is 2.34. The van der Waals surface area contributed by atoms with Crippen LogP contribution in [-0.4, -0.2) is 50.0 Å². The minimum Gasteiger partial charge on any atom is -0.352 e. The number of nitrogens with one attached hydrogen (secondary N) is 1. The Kier molecular flexibility index (Phi) is 11.2. The van der Waals surface area contributed by atoms with E-state index in [4.69, 9.17) is 23.2 Å². The normalized spacial score (nSPS) is 14.6. The summed E-state index contributed by atoms with van der Waals surface area (Å²) >= 11 is 12.5. The summed E-state index contributed by atoms with van der Waals surface area (Å²) in [5, 5.41) is 3.90. The van der Waals surface area contributed by atoms with E-state index in [-0.39, 0.29) is 24.9 Å². The number of amides is 2. The summed E-state index contributed by atoms with van der Waals surface area (Å²) < 4.78 is 27.3. The quantitative estimate of drug-likeness (QED) is 0.260. The predicted octanol–water partition coefficient (Wildman–Crippen LogP) is 6.47. The monoisotopic (exact) mass is 643 g/mol. The van der Waals surface area contributed by atoms with Crippen LogP contribution in [0.25, 0.3) is 0 Å². The Morgan fingerprint density at radius 1 is 0.907 bits per heavy atom. The van der Waals surface area contributed by atoms with Gasteiger partial charge in [-0.2, -0.15) is 0 Å². The number of halogens is 2. The molecule has 0 heterocycles.